The number of anilines is 1. The van der Waals surface area contributed by atoms with Gasteiger partial charge in [0.15, 0.2) is 4.90 Å². The predicted molar refractivity (Wildman–Crippen MR) is 84.0 cm³/mol. The first-order valence-electron chi connectivity index (χ1n) is 7.21. The van der Waals surface area contributed by atoms with Crippen LogP contribution in [0.25, 0.3) is 0 Å². The maximum atomic E-state index is 13.2. The molecule has 1 saturated heterocycles. The Hall–Kier alpha value is -1.85. The number of halogens is 2. The van der Waals surface area contributed by atoms with Crippen LogP contribution in [0.15, 0.2) is 23.1 Å². The van der Waals surface area contributed by atoms with Gasteiger partial charge in [-0.3, -0.25) is 10.1 Å². The van der Waals surface area contributed by atoms with Crippen molar-refractivity contribution < 1.29 is 22.1 Å². The number of nitro benzene ring substituents is 1. The molecule has 1 aromatic carbocycles. The molecular weight excluding hydrogens is 346 g/mol. The number of nitrogens with one attached hydrogen (secondary N) is 1. The smallest absolute Gasteiger partial charge is 0.291 e. The normalized spacial score (nSPS) is 18.1. The van der Waals surface area contributed by atoms with Crippen molar-refractivity contribution in [1.82, 2.24) is 5.32 Å². The number of hydrogen-bond donors (Lipinski definition) is 2. The minimum Gasteiger partial charge on any atom is -0.359 e. The van der Waals surface area contributed by atoms with Gasteiger partial charge < -0.3 is 10.2 Å². The molecule has 0 aliphatic carbocycles. The zero-order chi connectivity index (χ0) is 17.9. The van der Waals surface area contributed by atoms with Crippen molar-refractivity contribution in [2.75, 3.05) is 31.3 Å². The van der Waals surface area contributed by atoms with Crippen molar-refractivity contribution in [1.29, 1.82) is 0 Å². The van der Waals surface area contributed by atoms with Crippen molar-refractivity contribution in [2.45, 2.75) is 23.4 Å². The number of nitrogens with zero attached hydrogens (tertiary/aromatic N) is 2. The Bertz CT molecular complexity index is 704. The average Bonchev–Trinajstić information content (AvgIpc) is 3.04. The molecule has 1 aromatic rings. The molecule has 8 nitrogen and oxygen atoms in total. The first-order valence-corrected chi connectivity index (χ1v) is 8.76. The number of rotatable bonds is 7. The molecule has 134 valence electrons. The van der Waals surface area contributed by atoms with Crippen molar-refractivity contribution >= 4 is 21.4 Å². The molecule has 11 heteroatoms. The topological polar surface area (TPSA) is 119 Å². The lowest BCUT2D eigenvalue weighted by Gasteiger charge is -2.35. The lowest BCUT2D eigenvalue weighted by atomic mass is 10.1. The van der Waals surface area contributed by atoms with Gasteiger partial charge in [-0.05, 0) is 25.1 Å². The average molecular weight is 364 g/mol. The summed E-state index contributed by atoms with van der Waals surface area (Å²) in [5.74, 6) is 0. The van der Waals surface area contributed by atoms with Crippen LogP contribution in [-0.2, 0) is 10.0 Å². The van der Waals surface area contributed by atoms with Gasteiger partial charge in [-0.15, -0.1) is 0 Å². The molecule has 1 atom stereocenters. The summed E-state index contributed by atoms with van der Waals surface area (Å²) in [5, 5.41) is 19.2. The van der Waals surface area contributed by atoms with Crippen LogP contribution in [0.4, 0.5) is 20.2 Å². The van der Waals surface area contributed by atoms with E-state index in [1.54, 1.807) is 0 Å². The van der Waals surface area contributed by atoms with Crippen LogP contribution < -0.4 is 15.4 Å². The van der Waals surface area contributed by atoms with Crippen LogP contribution in [0.2, 0.25) is 0 Å². The fourth-order valence-electron chi connectivity index (χ4n) is 2.84. The largest absolute Gasteiger partial charge is 0.359 e. The monoisotopic (exact) mass is 364 g/mol. The van der Waals surface area contributed by atoms with E-state index in [1.807, 2.05) is 0 Å². The van der Waals surface area contributed by atoms with Gasteiger partial charge in [-0.25, -0.2) is 22.3 Å². The summed E-state index contributed by atoms with van der Waals surface area (Å²) in [4.78, 5) is 11.1. The highest BCUT2D eigenvalue weighted by atomic mass is 32.2. The van der Waals surface area contributed by atoms with E-state index < -0.39 is 44.9 Å². The van der Waals surface area contributed by atoms with Crippen molar-refractivity contribution in [3.8, 4) is 0 Å². The standard InChI is InChI=1S/C13H18F2N4O4S/c14-6-11(7-15)18(10-3-4-17-8-10)9-1-2-13(24(16,22)23)12(5-9)19(20)21/h1-2,5,10-11,17H,3-4,6-8H2,(H2,16,22,23)/t10-/m1/s1. The minimum absolute atomic E-state index is 0.183. The van der Waals surface area contributed by atoms with Crippen molar-refractivity contribution in [2.24, 2.45) is 5.14 Å². The summed E-state index contributed by atoms with van der Waals surface area (Å²) in [6, 6.07) is 1.92. The SMILES string of the molecule is NS(=O)(=O)c1ccc(N(C(CF)CF)[C@@H]2CCNC2)cc1[N+](=O)[O-]. The Balaban J connectivity index is 2.54. The molecule has 1 aliphatic heterocycles. The Labute approximate surface area is 137 Å². The van der Waals surface area contributed by atoms with E-state index in [0.29, 0.717) is 19.5 Å². The van der Waals surface area contributed by atoms with Gasteiger partial charge in [0.05, 0.1) is 11.0 Å². The third-order valence-electron chi connectivity index (χ3n) is 3.92. The molecule has 1 fully saturated rings. The van der Waals surface area contributed by atoms with E-state index >= 15 is 0 Å². The molecule has 0 unspecified atom stereocenters. The minimum atomic E-state index is -4.29. The number of benzene rings is 1. The van der Waals surface area contributed by atoms with Gasteiger partial charge in [0.1, 0.15) is 13.3 Å². The second-order valence-corrected chi connectivity index (χ2v) is 7.00. The lowest BCUT2D eigenvalue weighted by Crippen LogP contribution is -2.47. The van der Waals surface area contributed by atoms with Gasteiger partial charge in [0, 0.05) is 24.3 Å². The van der Waals surface area contributed by atoms with Crippen LogP contribution in [0.3, 0.4) is 0 Å². The molecule has 0 bridgehead atoms. The second-order valence-electron chi connectivity index (χ2n) is 5.47. The van der Waals surface area contributed by atoms with Gasteiger partial charge in [0.2, 0.25) is 10.0 Å². The molecular formula is C13H18F2N4O4S. The van der Waals surface area contributed by atoms with E-state index in [9.17, 15) is 27.3 Å². The molecule has 1 heterocycles. The van der Waals surface area contributed by atoms with Gasteiger partial charge in [-0.2, -0.15) is 0 Å². The lowest BCUT2D eigenvalue weighted by molar-refractivity contribution is -0.387. The number of primary sulfonamides is 1. The van der Waals surface area contributed by atoms with Gasteiger partial charge in [0.25, 0.3) is 5.69 Å². The van der Waals surface area contributed by atoms with Crippen LogP contribution in [-0.4, -0.2) is 51.9 Å². The molecule has 1 aliphatic rings. The summed E-state index contributed by atoms with van der Waals surface area (Å²) in [5.41, 5.74) is -0.537. The number of nitrogens with two attached hydrogens (primary N) is 1. The fraction of sp³-hybridized carbons (Fsp3) is 0.538. The molecule has 24 heavy (non-hydrogen) atoms. The maximum absolute atomic E-state index is 13.2. The third kappa shape index (κ3) is 3.79. The van der Waals surface area contributed by atoms with E-state index in [1.165, 1.54) is 11.0 Å². The third-order valence-corrected chi connectivity index (χ3v) is 4.88. The van der Waals surface area contributed by atoms with Crippen LogP contribution in [0.5, 0.6) is 0 Å². The molecule has 2 rings (SSSR count). The van der Waals surface area contributed by atoms with E-state index in [-0.39, 0.29) is 11.7 Å². The summed E-state index contributed by atoms with van der Waals surface area (Å²) in [6.45, 7) is -0.819. The van der Waals surface area contributed by atoms with Gasteiger partial charge >= 0.3 is 0 Å². The quantitative estimate of drug-likeness (QED) is 0.543. The van der Waals surface area contributed by atoms with Crippen LogP contribution in [0.1, 0.15) is 6.42 Å². The highest BCUT2D eigenvalue weighted by molar-refractivity contribution is 7.89. The first kappa shape index (κ1) is 18.5. The number of alkyl halides is 2. The van der Waals surface area contributed by atoms with Crippen LogP contribution >= 0.6 is 0 Å². The number of nitro groups is 1. The maximum Gasteiger partial charge on any atom is 0.291 e. The van der Waals surface area contributed by atoms with Gasteiger partial charge in [-0.1, -0.05) is 0 Å². The Morgan fingerprint density at radius 2 is 2.08 bits per heavy atom. The zero-order valence-electron chi connectivity index (χ0n) is 12.7. The molecule has 0 radical (unpaired) electrons. The molecule has 0 aromatic heterocycles. The second kappa shape index (κ2) is 7.36. The molecule has 0 spiro atoms. The van der Waals surface area contributed by atoms with E-state index in [4.69, 9.17) is 5.14 Å². The highest BCUT2D eigenvalue weighted by Crippen LogP contribution is 2.31. The molecule has 0 saturated carbocycles. The van der Waals surface area contributed by atoms with Crippen molar-refractivity contribution in [3.63, 3.8) is 0 Å². The van der Waals surface area contributed by atoms with Crippen LogP contribution in [0, 0.1) is 10.1 Å². The Morgan fingerprint density at radius 1 is 1.42 bits per heavy atom. The molecule has 0 amide bonds. The summed E-state index contributed by atoms with van der Waals surface area (Å²) < 4.78 is 49.4. The summed E-state index contributed by atoms with van der Waals surface area (Å²) in [7, 11) is -4.29. The van der Waals surface area contributed by atoms with Crippen molar-refractivity contribution in [3.05, 3.63) is 28.3 Å². The van der Waals surface area contributed by atoms with E-state index in [0.717, 1.165) is 12.1 Å². The summed E-state index contributed by atoms with van der Waals surface area (Å²) >= 11 is 0. The fourth-order valence-corrected chi connectivity index (χ4v) is 3.52. The predicted octanol–water partition coefficient (Wildman–Crippen LogP) is 0.718. The highest BCUT2D eigenvalue weighted by Gasteiger charge is 2.32. The number of sulfonamides is 1. The molecule has 3 N–H and O–H groups in total. The first-order chi connectivity index (χ1) is 11.3. The number of hydrogen-bond acceptors (Lipinski definition) is 6. The zero-order valence-corrected chi connectivity index (χ0v) is 13.5. The van der Waals surface area contributed by atoms with E-state index in [2.05, 4.69) is 5.32 Å². The Morgan fingerprint density at radius 3 is 2.54 bits per heavy atom. The summed E-state index contributed by atoms with van der Waals surface area (Å²) in [6.07, 6.45) is 0.612. The Kier molecular flexibility index (Phi) is 5.67.